The van der Waals surface area contributed by atoms with Gasteiger partial charge in [-0.15, -0.1) is 0 Å². The third kappa shape index (κ3) is 7.24. The average molecular weight is 350 g/mol. The second kappa shape index (κ2) is 9.35. The van der Waals surface area contributed by atoms with Gasteiger partial charge in [0.2, 0.25) is 0 Å². The second-order valence-electron chi connectivity index (χ2n) is 9.02. The standard InChI is InChI=1S/C22H40NP/c1-9-14-23(15-10-2)17-19-12-11-13-20(16-19)18-24(21(3,4)5)22(6,7)8/h11-13,16H,9-10,14-15,17-18H2,1-8H3. The molecular formula is C22H40NP. The highest BCUT2D eigenvalue weighted by atomic mass is 31.1. The topological polar surface area (TPSA) is 3.24 Å². The summed E-state index contributed by atoms with van der Waals surface area (Å²) in [6, 6.07) is 9.36. The van der Waals surface area contributed by atoms with Gasteiger partial charge in [-0.1, -0.05) is 87.6 Å². The summed E-state index contributed by atoms with van der Waals surface area (Å²) in [6.45, 7) is 22.5. The Morgan fingerprint density at radius 1 is 0.833 bits per heavy atom. The van der Waals surface area contributed by atoms with E-state index < -0.39 is 0 Å². The van der Waals surface area contributed by atoms with Crippen LogP contribution in [0.2, 0.25) is 0 Å². The van der Waals surface area contributed by atoms with Gasteiger partial charge in [-0.25, -0.2) is 0 Å². The van der Waals surface area contributed by atoms with Crippen LogP contribution in [0.5, 0.6) is 0 Å². The number of hydrogen-bond donors (Lipinski definition) is 0. The second-order valence-corrected chi connectivity index (χ2v) is 12.9. The quantitative estimate of drug-likeness (QED) is 0.462. The summed E-state index contributed by atoms with van der Waals surface area (Å²) >= 11 is 0. The van der Waals surface area contributed by atoms with Crippen LogP contribution in [0.4, 0.5) is 0 Å². The summed E-state index contributed by atoms with van der Waals surface area (Å²) in [6.07, 6.45) is 3.70. The van der Waals surface area contributed by atoms with E-state index in [1.54, 1.807) is 0 Å². The molecule has 24 heavy (non-hydrogen) atoms. The lowest BCUT2D eigenvalue weighted by molar-refractivity contribution is 0.266. The normalized spacial score (nSPS) is 13.1. The molecule has 0 unspecified atom stereocenters. The van der Waals surface area contributed by atoms with E-state index in [0.717, 1.165) is 6.54 Å². The van der Waals surface area contributed by atoms with Crippen molar-refractivity contribution in [1.29, 1.82) is 0 Å². The fourth-order valence-corrected chi connectivity index (χ4v) is 7.17. The molecule has 0 aliphatic heterocycles. The van der Waals surface area contributed by atoms with Crippen LogP contribution in [0.15, 0.2) is 24.3 Å². The van der Waals surface area contributed by atoms with Crippen molar-refractivity contribution >= 4 is 7.92 Å². The first kappa shape index (κ1) is 21.7. The minimum absolute atomic E-state index is 0.0788. The first-order chi connectivity index (χ1) is 11.1. The molecule has 0 saturated heterocycles. The molecular weight excluding hydrogens is 309 g/mol. The Hall–Kier alpha value is -0.390. The number of hydrogen-bond acceptors (Lipinski definition) is 1. The van der Waals surface area contributed by atoms with Gasteiger partial charge in [-0.05, 0) is 53.5 Å². The Labute approximate surface area is 153 Å². The molecule has 1 nitrogen and oxygen atoms in total. The Kier molecular flexibility index (Phi) is 8.43. The highest BCUT2D eigenvalue weighted by molar-refractivity contribution is 7.60. The maximum Gasteiger partial charge on any atom is 0.0233 e. The molecule has 0 spiro atoms. The molecule has 0 heterocycles. The maximum absolute atomic E-state index is 2.59. The Bertz CT molecular complexity index is 461. The van der Waals surface area contributed by atoms with Crippen molar-refractivity contribution in [3.8, 4) is 0 Å². The van der Waals surface area contributed by atoms with Crippen LogP contribution in [0.1, 0.15) is 79.4 Å². The molecule has 0 N–H and O–H groups in total. The molecule has 0 radical (unpaired) electrons. The first-order valence-corrected chi connectivity index (χ1v) is 11.2. The van der Waals surface area contributed by atoms with Crippen molar-refractivity contribution in [2.24, 2.45) is 0 Å². The predicted octanol–water partition coefficient (Wildman–Crippen LogP) is 6.89. The van der Waals surface area contributed by atoms with E-state index in [0.29, 0.717) is 10.3 Å². The van der Waals surface area contributed by atoms with Crippen LogP contribution in [-0.4, -0.2) is 28.3 Å². The summed E-state index contributed by atoms with van der Waals surface area (Å²) in [5, 5.41) is 0.778. The van der Waals surface area contributed by atoms with Crippen molar-refractivity contribution in [3.63, 3.8) is 0 Å². The summed E-state index contributed by atoms with van der Waals surface area (Å²) in [5.41, 5.74) is 3.00. The molecule has 1 aromatic rings. The molecule has 138 valence electrons. The van der Waals surface area contributed by atoms with E-state index in [1.807, 2.05) is 0 Å². The number of rotatable bonds is 8. The molecule has 0 bridgehead atoms. The van der Waals surface area contributed by atoms with Crippen LogP contribution in [0, 0.1) is 0 Å². The molecule has 0 aliphatic rings. The molecule has 1 rings (SSSR count). The minimum Gasteiger partial charge on any atom is -0.299 e. The third-order valence-electron chi connectivity index (χ3n) is 4.44. The lowest BCUT2D eigenvalue weighted by Crippen LogP contribution is -2.26. The van der Waals surface area contributed by atoms with Gasteiger partial charge in [0.15, 0.2) is 0 Å². The van der Waals surface area contributed by atoms with Crippen LogP contribution >= 0.6 is 7.92 Å². The van der Waals surface area contributed by atoms with Crippen LogP contribution < -0.4 is 0 Å². The van der Waals surface area contributed by atoms with E-state index >= 15 is 0 Å². The van der Waals surface area contributed by atoms with Gasteiger partial charge in [0.25, 0.3) is 0 Å². The SMILES string of the molecule is CCCN(CCC)Cc1cccc(CP(C(C)(C)C)C(C)(C)C)c1. The number of benzene rings is 1. The van der Waals surface area contributed by atoms with E-state index in [-0.39, 0.29) is 7.92 Å². The third-order valence-corrected chi connectivity index (χ3v) is 8.36. The fourth-order valence-electron chi connectivity index (χ4n) is 3.65. The largest absolute Gasteiger partial charge is 0.299 e. The molecule has 0 atom stereocenters. The average Bonchev–Trinajstić information content (AvgIpc) is 2.43. The molecule has 0 amide bonds. The van der Waals surface area contributed by atoms with Crippen LogP contribution in [0.25, 0.3) is 0 Å². The van der Waals surface area contributed by atoms with Crippen molar-refractivity contribution in [3.05, 3.63) is 35.4 Å². The Morgan fingerprint density at radius 2 is 1.33 bits per heavy atom. The lowest BCUT2D eigenvalue weighted by Gasteiger charge is -2.41. The van der Waals surface area contributed by atoms with Gasteiger partial charge in [-0.3, -0.25) is 4.90 Å². The van der Waals surface area contributed by atoms with Gasteiger partial charge in [0.1, 0.15) is 0 Å². The van der Waals surface area contributed by atoms with E-state index in [9.17, 15) is 0 Å². The van der Waals surface area contributed by atoms with Crippen molar-refractivity contribution in [2.75, 3.05) is 13.1 Å². The number of nitrogens with zero attached hydrogens (tertiary/aromatic N) is 1. The Balaban J connectivity index is 2.91. The zero-order chi connectivity index (χ0) is 18.4. The zero-order valence-corrected chi connectivity index (χ0v) is 18.3. The summed E-state index contributed by atoms with van der Waals surface area (Å²) in [7, 11) is -0.0788. The van der Waals surface area contributed by atoms with Gasteiger partial charge < -0.3 is 0 Å². The molecule has 0 saturated carbocycles. The Morgan fingerprint density at radius 3 is 1.79 bits per heavy atom. The highest BCUT2D eigenvalue weighted by Gasteiger charge is 2.34. The van der Waals surface area contributed by atoms with Crippen molar-refractivity contribution < 1.29 is 0 Å². The molecule has 1 aromatic carbocycles. The maximum atomic E-state index is 2.59. The molecule has 0 aliphatic carbocycles. The van der Waals surface area contributed by atoms with E-state index in [1.165, 1.54) is 43.2 Å². The van der Waals surface area contributed by atoms with Crippen LogP contribution in [-0.2, 0) is 12.7 Å². The van der Waals surface area contributed by atoms with Crippen molar-refractivity contribution in [1.82, 2.24) is 4.90 Å². The monoisotopic (exact) mass is 349 g/mol. The van der Waals surface area contributed by atoms with Crippen molar-refractivity contribution in [2.45, 2.75) is 91.3 Å². The summed E-state index contributed by atoms with van der Waals surface area (Å²) in [4.78, 5) is 2.59. The zero-order valence-electron chi connectivity index (χ0n) is 17.4. The molecule has 0 fully saturated rings. The summed E-state index contributed by atoms with van der Waals surface area (Å²) < 4.78 is 0. The highest BCUT2D eigenvalue weighted by Crippen LogP contribution is 2.61. The van der Waals surface area contributed by atoms with Gasteiger partial charge in [0, 0.05) is 6.54 Å². The minimum atomic E-state index is -0.0788. The molecule has 2 heteroatoms. The first-order valence-electron chi connectivity index (χ1n) is 9.65. The summed E-state index contributed by atoms with van der Waals surface area (Å²) in [5.74, 6) is 0. The predicted molar refractivity (Wildman–Crippen MR) is 112 cm³/mol. The van der Waals surface area contributed by atoms with E-state index in [2.05, 4.69) is 84.6 Å². The van der Waals surface area contributed by atoms with Gasteiger partial charge in [-0.2, -0.15) is 0 Å². The smallest absolute Gasteiger partial charge is 0.0233 e. The molecule has 0 aromatic heterocycles. The van der Waals surface area contributed by atoms with Gasteiger partial charge in [0.05, 0.1) is 0 Å². The lowest BCUT2D eigenvalue weighted by atomic mass is 10.1. The van der Waals surface area contributed by atoms with E-state index in [4.69, 9.17) is 0 Å². The van der Waals surface area contributed by atoms with Gasteiger partial charge >= 0.3 is 0 Å². The fraction of sp³-hybridized carbons (Fsp3) is 0.727. The van der Waals surface area contributed by atoms with Crippen LogP contribution in [0.3, 0.4) is 0 Å².